The van der Waals surface area contributed by atoms with E-state index in [1.807, 2.05) is 26.0 Å². The topological polar surface area (TPSA) is 150 Å². The summed E-state index contributed by atoms with van der Waals surface area (Å²) in [5, 5.41) is 2.97. The Balaban J connectivity index is 1.80. The average Bonchev–Trinajstić information content (AvgIpc) is 3.60. The van der Waals surface area contributed by atoms with Gasteiger partial charge < -0.3 is 26.3 Å². The first-order valence-electron chi connectivity index (χ1n) is 12.9. The van der Waals surface area contributed by atoms with Gasteiger partial charge in [0, 0.05) is 18.8 Å². The maximum Gasteiger partial charge on any atom is 0.273 e. The summed E-state index contributed by atoms with van der Waals surface area (Å²) >= 11 is 0.772. The van der Waals surface area contributed by atoms with Crippen LogP contribution in [-0.2, 0) is 16.0 Å². The number of rotatable bonds is 11. The Morgan fingerprint density at radius 1 is 1.15 bits per heavy atom. The molecule has 39 heavy (non-hydrogen) atoms. The second kappa shape index (κ2) is 12.7. The molecule has 1 saturated heterocycles. The van der Waals surface area contributed by atoms with Gasteiger partial charge in [-0.05, 0) is 73.1 Å². The molecular formula is C28H33N5O5S. The predicted molar refractivity (Wildman–Crippen MR) is 150 cm³/mol. The van der Waals surface area contributed by atoms with Crippen LogP contribution in [0.15, 0.2) is 48.5 Å². The number of nitrogens with zero attached hydrogens (tertiary/aromatic N) is 2. The fourth-order valence-corrected chi connectivity index (χ4v) is 5.20. The van der Waals surface area contributed by atoms with E-state index in [2.05, 4.69) is 9.69 Å². The molecule has 0 radical (unpaired) electrons. The molecule has 0 aliphatic carbocycles. The van der Waals surface area contributed by atoms with Crippen LogP contribution in [0.1, 0.15) is 64.0 Å². The van der Waals surface area contributed by atoms with Gasteiger partial charge in [-0.25, -0.2) is 0 Å². The Morgan fingerprint density at radius 2 is 1.87 bits per heavy atom. The molecule has 5 N–H and O–H groups in total. The molecule has 4 rings (SSSR count). The van der Waals surface area contributed by atoms with Gasteiger partial charge in [0.05, 0.1) is 18.4 Å². The highest BCUT2D eigenvalue weighted by atomic mass is 32.1. The van der Waals surface area contributed by atoms with E-state index < -0.39 is 17.9 Å². The second-order valence-electron chi connectivity index (χ2n) is 9.12. The van der Waals surface area contributed by atoms with Crippen LogP contribution >= 0.6 is 11.5 Å². The molecule has 2 aromatic carbocycles. The number of carbonyl (C=O) groups is 3. The van der Waals surface area contributed by atoms with Crippen LogP contribution in [0.2, 0.25) is 0 Å². The summed E-state index contributed by atoms with van der Waals surface area (Å²) < 4.78 is 15.3. The highest BCUT2D eigenvalue weighted by Crippen LogP contribution is 2.34. The van der Waals surface area contributed by atoms with Gasteiger partial charge in [0.15, 0.2) is 5.69 Å². The third kappa shape index (κ3) is 6.37. The number of hydrogen-bond donors (Lipinski definition) is 3. The standard InChI is InChI=1S/C28H33N5O5S/c1-3-17-7-11-19(12-8-17)33(28(36)25-22(29)23(26(30)34)32-39-25)24(18-9-13-20(14-10-18)37-4-2)27(35)31-16-21-6-5-15-38-21/h7-14,21,24H,3-6,15-16,29H2,1-2H3,(H2,30,34)(H,31,35). The lowest BCUT2D eigenvalue weighted by Gasteiger charge is -2.31. The number of primary amides is 1. The second-order valence-corrected chi connectivity index (χ2v) is 9.89. The van der Waals surface area contributed by atoms with Gasteiger partial charge in [-0.15, -0.1) is 0 Å². The van der Waals surface area contributed by atoms with Crippen LogP contribution in [0, 0.1) is 0 Å². The first-order chi connectivity index (χ1) is 18.8. The number of carbonyl (C=O) groups excluding carboxylic acids is 3. The SMILES string of the molecule is CCOc1ccc(C(C(=O)NCC2CCCO2)N(C(=O)c2snc(C(N)=O)c2N)c2ccc(CC)cc2)cc1. The first-order valence-corrected chi connectivity index (χ1v) is 13.7. The number of ether oxygens (including phenoxy) is 2. The molecule has 2 atom stereocenters. The van der Waals surface area contributed by atoms with Crippen molar-refractivity contribution in [2.45, 2.75) is 45.3 Å². The number of amides is 3. The van der Waals surface area contributed by atoms with E-state index in [-0.39, 0.29) is 28.3 Å². The number of aryl methyl sites for hydroxylation is 1. The molecule has 2 heterocycles. The van der Waals surface area contributed by atoms with E-state index in [9.17, 15) is 14.4 Å². The van der Waals surface area contributed by atoms with Gasteiger partial charge in [-0.1, -0.05) is 31.2 Å². The van der Waals surface area contributed by atoms with E-state index in [0.29, 0.717) is 36.8 Å². The van der Waals surface area contributed by atoms with Crippen molar-refractivity contribution in [1.82, 2.24) is 9.69 Å². The summed E-state index contributed by atoms with van der Waals surface area (Å²) in [7, 11) is 0. The van der Waals surface area contributed by atoms with Crippen LogP contribution in [-0.4, -0.2) is 48.0 Å². The van der Waals surface area contributed by atoms with Crippen molar-refractivity contribution in [2.75, 3.05) is 30.4 Å². The monoisotopic (exact) mass is 551 g/mol. The lowest BCUT2D eigenvalue weighted by Crippen LogP contribution is -2.45. The predicted octanol–water partition coefficient (Wildman–Crippen LogP) is 3.47. The number of nitrogen functional groups attached to an aromatic ring is 1. The summed E-state index contributed by atoms with van der Waals surface area (Å²) in [5.41, 5.74) is 13.4. The van der Waals surface area contributed by atoms with Gasteiger partial charge in [-0.3, -0.25) is 19.3 Å². The van der Waals surface area contributed by atoms with Crippen LogP contribution in [0.25, 0.3) is 0 Å². The van der Waals surface area contributed by atoms with Crippen LogP contribution in [0.5, 0.6) is 5.75 Å². The number of benzene rings is 2. The van der Waals surface area contributed by atoms with E-state index in [1.54, 1.807) is 36.4 Å². The molecule has 0 saturated carbocycles. The number of aromatic nitrogens is 1. The summed E-state index contributed by atoms with van der Waals surface area (Å²) in [5.74, 6) is -1.16. The third-order valence-electron chi connectivity index (χ3n) is 6.54. The molecule has 1 fully saturated rings. The summed E-state index contributed by atoms with van der Waals surface area (Å²) in [6.45, 7) is 5.38. The van der Waals surface area contributed by atoms with Crippen LogP contribution in [0.4, 0.5) is 11.4 Å². The molecule has 206 valence electrons. The number of hydrogen-bond acceptors (Lipinski definition) is 8. The normalized spacial score (nSPS) is 15.5. The van der Waals surface area contributed by atoms with Crippen LogP contribution in [0.3, 0.4) is 0 Å². The van der Waals surface area contributed by atoms with Crippen molar-refractivity contribution < 1.29 is 23.9 Å². The molecule has 0 spiro atoms. The minimum absolute atomic E-state index is 0.0197. The molecule has 10 nitrogen and oxygen atoms in total. The number of nitrogens with one attached hydrogen (secondary N) is 1. The Kier molecular flexibility index (Phi) is 9.15. The highest BCUT2D eigenvalue weighted by molar-refractivity contribution is 7.09. The molecule has 1 aliphatic heterocycles. The van der Waals surface area contributed by atoms with E-state index in [4.69, 9.17) is 20.9 Å². The molecule has 3 aromatic rings. The Bertz CT molecular complexity index is 1300. The Labute approximate surface area is 231 Å². The van der Waals surface area contributed by atoms with Gasteiger partial charge in [-0.2, -0.15) is 4.37 Å². The van der Waals surface area contributed by atoms with Gasteiger partial charge in [0.25, 0.3) is 11.8 Å². The quantitative estimate of drug-likeness (QED) is 0.330. The molecule has 0 bridgehead atoms. The molecule has 1 aromatic heterocycles. The highest BCUT2D eigenvalue weighted by Gasteiger charge is 2.36. The van der Waals surface area contributed by atoms with Crippen molar-refractivity contribution in [2.24, 2.45) is 5.73 Å². The molecule has 1 aliphatic rings. The number of nitrogens with two attached hydrogens (primary N) is 2. The maximum atomic E-state index is 14.1. The van der Waals surface area contributed by atoms with Crippen molar-refractivity contribution >= 4 is 40.6 Å². The third-order valence-corrected chi connectivity index (χ3v) is 7.39. The van der Waals surface area contributed by atoms with Crippen LogP contribution < -0.4 is 26.4 Å². The summed E-state index contributed by atoms with van der Waals surface area (Å²) in [4.78, 5) is 41.2. The van der Waals surface area contributed by atoms with Crippen molar-refractivity contribution in [3.05, 3.63) is 70.2 Å². The lowest BCUT2D eigenvalue weighted by molar-refractivity contribution is -0.123. The van der Waals surface area contributed by atoms with E-state index in [0.717, 1.165) is 36.4 Å². The lowest BCUT2D eigenvalue weighted by atomic mass is 10.0. The fraction of sp³-hybridized carbons (Fsp3) is 0.357. The maximum absolute atomic E-state index is 14.1. The van der Waals surface area contributed by atoms with Gasteiger partial charge in [0.1, 0.15) is 16.7 Å². The minimum atomic E-state index is -1.07. The van der Waals surface area contributed by atoms with Crippen molar-refractivity contribution in [3.8, 4) is 5.75 Å². The summed E-state index contributed by atoms with van der Waals surface area (Å²) in [6.07, 6.45) is 2.51. The minimum Gasteiger partial charge on any atom is -0.494 e. The Hall–Kier alpha value is -3.96. The zero-order valence-corrected chi connectivity index (χ0v) is 22.8. The molecule has 11 heteroatoms. The van der Waals surface area contributed by atoms with E-state index in [1.165, 1.54) is 4.90 Å². The van der Waals surface area contributed by atoms with Gasteiger partial charge in [0.2, 0.25) is 5.91 Å². The van der Waals surface area contributed by atoms with Crippen molar-refractivity contribution in [3.63, 3.8) is 0 Å². The zero-order chi connectivity index (χ0) is 27.9. The molecule has 2 unspecified atom stereocenters. The van der Waals surface area contributed by atoms with Crippen molar-refractivity contribution in [1.29, 1.82) is 0 Å². The van der Waals surface area contributed by atoms with E-state index >= 15 is 0 Å². The van der Waals surface area contributed by atoms with Gasteiger partial charge >= 0.3 is 0 Å². The Morgan fingerprint density at radius 3 is 2.44 bits per heavy atom. The smallest absolute Gasteiger partial charge is 0.273 e. The number of anilines is 2. The fourth-order valence-electron chi connectivity index (χ4n) is 4.46. The largest absolute Gasteiger partial charge is 0.494 e. The molecular weight excluding hydrogens is 518 g/mol. The average molecular weight is 552 g/mol. The molecule has 3 amide bonds. The zero-order valence-electron chi connectivity index (χ0n) is 22.0. The first kappa shape index (κ1) is 28.1. The summed E-state index contributed by atoms with van der Waals surface area (Å²) in [6, 6.07) is 13.3.